The number of carbonyl (C=O) groups is 1. The minimum absolute atomic E-state index is 0.0733. The van der Waals surface area contributed by atoms with Crippen molar-refractivity contribution in [2.24, 2.45) is 0 Å². The summed E-state index contributed by atoms with van der Waals surface area (Å²) >= 11 is 0. The molecule has 4 aromatic rings. The van der Waals surface area contributed by atoms with E-state index in [1.54, 1.807) is 0 Å². The van der Waals surface area contributed by atoms with Gasteiger partial charge in [0.05, 0.1) is 24.4 Å². The minimum Gasteiger partial charge on any atom is -0.394 e. The fourth-order valence-electron chi connectivity index (χ4n) is 4.70. The number of halogens is 2. The number of nitrogens with zero attached hydrogens (tertiary/aromatic N) is 4. The molecule has 11 heteroatoms. The van der Waals surface area contributed by atoms with Gasteiger partial charge in [0, 0.05) is 24.2 Å². The molecule has 186 valence electrons. The summed E-state index contributed by atoms with van der Waals surface area (Å²) in [6.45, 7) is -0.266. The number of hydrogen-bond acceptors (Lipinski definition) is 6. The second-order valence-corrected chi connectivity index (χ2v) is 8.85. The largest absolute Gasteiger partial charge is 0.394 e. The van der Waals surface area contributed by atoms with Crippen LogP contribution in [0.15, 0.2) is 59.5 Å². The molecule has 2 aromatic heterocycles. The molecule has 5 rings (SSSR count). The van der Waals surface area contributed by atoms with Gasteiger partial charge in [0.25, 0.3) is 11.5 Å². The number of amides is 1. The molecule has 1 unspecified atom stereocenters. The molecule has 3 heterocycles. The summed E-state index contributed by atoms with van der Waals surface area (Å²) in [5.74, 6) is -1.08. The first-order valence-corrected chi connectivity index (χ1v) is 11.4. The molecule has 1 aliphatic heterocycles. The quantitative estimate of drug-likeness (QED) is 0.390. The minimum atomic E-state index is -1.55. The van der Waals surface area contributed by atoms with E-state index < -0.39 is 35.4 Å². The molecule has 1 atom stereocenters. The summed E-state index contributed by atoms with van der Waals surface area (Å²) in [6.07, 6.45) is 1.46. The van der Waals surface area contributed by atoms with E-state index in [0.29, 0.717) is 11.1 Å². The van der Waals surface area contributed by atoms with Gasteiger partial charge in [-0.25, -0.2) is 13.8 Å². The van der Waals surface area contributed by atoms with Gasteiger partial charge in [-0.15, -0.1) is 0 Å². The Morgan fingerprint density at radius 2 is 1.67 bits per heavy atom. The zero-order valence-electron chi connectivity index (χ0n) is 19.1. The molecule has 0 spiro atoms. The number of rotatable bonds is 5. The van der Waals surface area contributed by atoms with E-state index in [-0.39, 0.29) is 48.7 Å². The molecule has 1 saturated heterocycles. The van der Waals surface area contributed by atoms with E-state index in [1.807, 2.05) is 0 Å². The average molecular weight is 495 g/mol. The van der Waals surface area contributed by atoms with Gasteiger partial charge in [-0.3, -0.25) is 19.3 Å². The Bertz CT molecular complexity index is 1460. The Balaban J connectivity index is 1.50. The Morgan fingerprint density at radius 3 is 2.28 bits per heavy atom. The maximum Gasteiger partial charge on any atom is 0.265 e. The van der Waals surface area contributed by atoms with Crippen LogP contribution in [0.5, 0.6) is 0 Å². The highest BCUT2D eigenvalue weighted by Gasteiger charge is 2.43. The third-order valence-corrected chi connectivity index (χ3v) is 6.73. The molecule has 9 nitrogen and oxygen atoms in total. The zero-order chi connectivity index (χ0) is 25.4. The smallest absolute Gasteiger partial charge is 0.265 e. The lowest BCUT2D eigenvalue weighted by atomic mass is 9.83. The van der Waals surface area contributed by atoms with Gasteiger partial charge in [-0.05, 0) is 61.4 Å². The Morgan fingerprint density at radius 1 is 1.06 bits per heavy atom. The summed E-state index contributed by atoms with van der Waals surface area (Å²) < 4.78 is 28.0. The topological polar surface area (TPSA) is 124 Å². The van der Waals surface area contributed by atoms with E-state index in [0.717, 1.165) is 0 Å². The lowest BCUT2D eigenvalue weighted by Gasteiger charge is -2.43. The number of aromatic amines is 1. The first-order valence-electron chi connectivity index (χ1n) is 11.4. The lowest BCUT2D eigenvalue weighted by Crippen LogP contribution is -2.53. The first kappa shape index (κ1) is 23.8. The average Bonchev–Trinajstić information content (AvgIpc) is 3.36. The highest BCUT2D eigenvalue weighted by molar-refractivity contribution is 5.94. The van der Waals surface area contributed by atoms with Gasteiger partial charge in [-0.2, -0.15) is 5.10 Å². The molecular formula is C25H23F2N5O4. The summed E-state index contributed by atoms with van der Waals surface area (Å²) in [5.41, 5.74) is -1.11. The first-order chi connectivity index (χ1) is 17.3. The van der Waals surface area contributed by atoms with E-state index >= 15 is 0 Å². The monoisotopic (exact) mass is 495 g/mol. The number of H-pyrrole nitrogens is 1. The van der Waals surface area contributed by atoms with Gasteiger partial charge in [0.2, 0.25) is 0 Å². The van der Waals surface area contributed by atoms with Crippen LogP contribution in [0.1, 0.15) is 29.2 Å². The molecule has 1 aliphatic rings. The standard InChI is InChI=1S/C25H23F2N5O4/c26-17-5-1-15(2-6-17)22-29-21-19(13-28-30-21)24(35)32(22)20(14-33)25(36)9-11-31(12-10-25)23(34)16-3-7-18(27)8-4-16/h1-8,13,20,33,36H,9-12,14H2,(H,28,30). The Labute approximate surface area is 203 Å². The van der Waals surface area contributed by atoms with Crippen molar-refractivity contribution in [1.82, 2.24) is 24.6 Å². The van der Waals surface area contributed by atoms with Gasteiger partial charge < -0.3 is 15.1 Å². The summed E-state index contributed by atoms with van der Waals surface area (Å²) in [7, 11) is 0. The van der Waals surface area contributed by atoms with Gasteiger partial charge in [0.15, 0.2) is 5.65 Å². The molecule has 3 N–H and O–H groups in total. The number of likely N-dealkylation sites (tertiary alicyclic amines) is 1. The molecule has 0 saturated carbocycles. The van der Waals surface area contributed by atoms with Crippen molar-refractivity contribution in [1.29, 1.82) is 0 Å². The summed E-state index contributed by atoms with van der Waals surface area (Å²) in [6, 6.07) is 9.48. The molecule has 36 heavy (non-hydrogen) atoms. The van der Waals surface area contributed by atoms with E-state index in [4.69, 9.17) is 0 Å². The fraction of sp³-hybridized carbons (Fsp3) is 0.280. The van der Waals surface area contributed by atoms with Crippen molar-refractivity contribution >= 4 is 16.9 Å². The van der Waals surface area contributed by atoms with Crippen LogP contribution in [0.2, 0.25) is 0 Å². The van der Waals surface area contributed by atoms with Crippen LogP contribution >= 0.6 is 0 Å². The van der Waals surface area contributed by atoms with Gasteiger partial charge in [-0.1, -0.05) is 0 Å². The number of aliphatic hydroxyl groups excluding tert-OH is 1. The van der Waals surface area contributed by atoms with Gasteiger partial charge >= 0.3 is 0 Å². The predicted octanol–water partition coefficient (Wildman–Crippen LogP) is 2.27. The van der Waals surface area contributed by atoms with Crippen LogP contribution in [-0.2, 0) is 0 Å². The second kappa shape index (κ2) is 9.25. The van der Waals surface area contributed by atoms with Crippen molar-refractivity contribution in [2.45, 2.75) is 24.5 Å². The van der Waals surface area contributed by atoms with Crippen molar-refractivity contribution in [3.8, 4) is 11.4 Å². The van der Waals surface area contributed by atoms with Gasteiger partial charge in [0.1, 0.15) is 22.8 Å². The molecule has 0 radical (unpaired) electrons. The number of carbonyl (C=O) groups excluding carboxylic acids is 1. The summed E-state index contributed by atoms with van der Waals surface area (Å²) in [4.78, 5) is 32.4. The third kappa shape index (κ3) is 4.16. The Kier molecular flexibility index (Phi) is 6.10. The maximum absolute atomic E-state index is 13.6. The normalized spacial score (nSPS) is 16.3. The van der Waals surface area contributed by atoms with Crippen LogP contribution in [0.3, 0.4) is 0 Å². The fourth-order valence-corrected chi connectivity index (χ4v) is 4.70. The lowest BCUT2D eigenvalue weighted by molar-refractivity contribution is -0.0709. The molecule has 1 fully saturated rings. The molecular weight excluding hydrogens is 472 g/mol. The number of piperidine rings is 1. The van der Waals surface area contributed by atoms with E-state index in [1.165, 1.54) is 64.2 Å². The molecule has 1 amide bonds. The highest BCUT2D eigenvalue weighted by atomic mass is 19.1. The van der Waals surface area contributed by atoms with E-state index in [2.05, 4.69) is 15.2 Å². The van der Waals surface area contributed by atoms with E-state index in [9.17, 15) is 28.6 Å². The van der Waals surface area contributed by atoms with Crippen LogP contribution in [0, 0.1) is 11.6 Å². The number of aliphatic hydroxyl groups is 2. The maximum atomic E-state index is 13.6. The van der Waals surface area contributed by atoms with Crippen molar-refractivity contribution < 1.29 is 23.8 Å². The van der Waals surface area contributed by atoms with Crippen molar-refractivity contribution in [3.63, 3.8) is 0 Å². The van der Waals surface area contributed by atoms with Crippen LogP contribution in [-0.4, -0.2) is 66.1 Å². The third-order valence-electron chi connectivity index (χ3n) is 6.73. The van der Waals surface area contributed by atoms with Crippen molar-refractivity contribution in [2.75, 3.05) is 19.7 Å². The number of fused-ring (bicyclic) bond motifs is 1. The molecule has 0 aliphatic carbocycles. The number of nitrogens with one attached hydrogen (secondary N) is 1. The van der Waals surface area contributed by atoms with Crippen LogP contribution < -0.4 is 5.56 Å². The molecule has 2 aromatic carbocycles. The molecule has 0 bridgehead atoms. The zero-order valence-corrected chi connectivity index (χ0v) is 19.1. The summed E-state index contributed by atoms with van der Waals surface area (Å²) in [5, 5.41) is 28.7. The Hall–Kier alpha value is -3.96. The van der Waals surface area contributed by atoms with Crippen LogP contribution in [0.25, 0.3) is 22.4 Å². The second-order valence-electron chi connectivity index (χ2n) is 8.85. The van der Waals surface area contributed by atoms with Crippen molar-refractivity contribution in [3.05, 3.63) is 82.3 Å². The highest BCUT2D eigenvalue weighted by Crippen LogP contribution is 2.35. The number of benzene rings is 2. The predicted molar refractivity (Wildman–Crippen MR) is 126 cm³/mol. The number of hydrogen-bond donors (Lipinski definition) is 3. The van der Waals surface area contributed by atoms with Crippen LogP contribution in [0.4, 0.5) is 8.78 Å². The SMILES string of the molecule is O=C(c1ccc(F)cc1)N1CCC(O)(C(CO)n2c(-c3ccc(F)cc3)nc3[nH]ncc3c2=O)CC1. The number of aromatic nitrogens is 4.